The highest BCUT2D eigenvalue weighted by molar-refractivity contribution is 5.77. The van der Waals surface area contributed by atoms with E-state index >= 15 is 0 Å². The SMILES string of the molecule is CN1C(=O)C[C@H]2CCC[C@@H]1C2. The molecule has 0 aromatic rings. The maximum atomic E-state index is 11.3. The molecule has 2 fully saturated rings. The van der Waals surface area contributed by atoms with E-state index in [1.54, 1.807) is 0 Å². The summed E-state index contributed by atoms with van der Waals surface area (Å²) in [7, 11) is 1.95. The van der Waals surface area contributed by atoms with Crippen molar-refractivity contribution in [3.63, 3.8) is 0 Å². The number of carbonyl (C=O) groups excluding carboxylic acids is 1. The molecule has 2 atom stereocenters. The minimum absolute atomic E-state index is 0.367. The molecule has 11 heavy (non-hydrogen) atoms. The molecule has 0 unspecified atom stereocenters. The molecule has 2 aliphatic rings. The maximum absolute atomic E-state index is 11.3. The van der Waals surface area contributed by atoms with Gasteiger partial charge in [0, 0.05) is 19.5 Å². The van der Waals surface area contributed by atoms with Crippen LogP contribution in [-0.2, 0) is 4.79 Å². The minimum atomic E-state index is 0.367. The van der Waals surface area contributed by atoms with Gasteiger partial charge in [0.25, 0.3) is 0 Å². The van der Waals surface area contributed by atoms with Gasteiger partial charge in [0.15, 0.2) is 0 Å². The van der Waals surface area contributed by atoms with Crippen molar-refractivity contribution in [3.05, 3.63) is 0 Å². The van der Waals surface area contributed by atoms with Gasteiger partial charge in [-0.2, -0.15) is 0 Å². The van der Waals surface area contributed by atoms with Crippen LogP contribution in [-0.4, -0.2) is 23.9 Å². The highest BCUT2D eigenvalue weighted by Gasteiger charge is 2.33. The van der Waals surface area contributed by atoms with Crippen molar-refractivity contribution in [2.75, 3.05) is 7.05 Å². The molecule has 1 amide bonds. The summed E-state index contributed by atoms with van der Waals surface area (Å²) < 4.78 is 0. The van der Waals surface area contributed by atoms with Gasteiger partial charge in [-0.15, -0.1) is 0 Å². The van der Waals surface area contributed by atoms with Crippen LogP contribution in [0.15, 0.2) is 0 Å². The van der Waals surface area contributed by atoms with E-state index in [1.165, 1.54) is 25.7 Å². The number of nitrogens with zero attached hydrogens (tertiary/aromatic N) is 1. The average molecular weight is 153 g/mol. The Balaban J connectivity index is 2.11. The smallest absolute Gasteiger partial charge is 0.222 e. The molecule has 2 nitrogen and oxygen atoms in total. The number of likely N-dealkylation sites (tertiary alicyclic amines) is 1. The van der Waals surface area contributed by atoms with E-state index in [-0.39, 0.29) is 0 Å². The zero-order chi connectivity index (χ0) is 7.84. The lowest BCUT2D eigenvalue weighted by Crippen LogP contribution is -2.45. The average Bonchev–Trinajstić information content (AvgIpc) is 2.01. The van der Waals surface area contributed by atoms with Crippen molar-refractivity contribution in [1.29, 1.82) is 0 Å². The van der Waals surface area contributed by atoms with Crippen molar-refractivity contribution in [1.82, 2.24) is 4.90 Å². The van der Waals surface area contributed by atoms with Gasteiger partial charge in [-0.3, -0.25) is 4.79 Å². The van der Waals surface area contributed by atoms with Crippen LogP contribution in [0.1, 0.15) is 32.1 Å². The number of hydrogen-bond acceptors (Lipinski definition) is 1. The second-order valence-corrected chi connectivity index (χ2v) is 3.90. The molecule has 62 valence electrons. The van der Waals surface area contributed by atoms with Gasteiger partial charge in [0.2, 0.25) is 5.91 Å². The molecule has 2 heteroatoms. The van der Waals surface area contributed by atoms with Crippen molar-refractivity contribution >= 4 is 5.91 Å². The molecule has 0 radical (unpaired) electrons. The van der Waals surface area contributed by atoms with E-state index in [0.29, 0.717) is 11.9 Å². The molecule has 2 bridgehead atoms. The summed E-state index contributed by atoms with van der Waals surface area (Å²) in [5.74, 6) is 1.09. The van der Waals surface area contributed by atoms with Crippen LogP contribution in [0.3, 0.4) is 0 Å². The van der Waals surface area contributed by atoms with Gasteiger partial charge in [0.05, 0.1) is 0 Å². The van der Waals surface area contributed by atoms with Crippen LogP contribution < -0.4 is 0 Å². The molecule has 0 N–H and O–H groups in total. The van der Waals surface area contributed by atoms with Crippen molar-refractivity contribution in [2.24, 2.45) is 5.92 Å². The van der Waals surface area contributed by atoms with Crippen LogP contribution in [0, 0.1) is 5.92 Å². The molecule has 1 aliphatic carbocycles. The number of piperidine rings is 1. The zero-order valence-electron chi connectivity index (χ0n) is 7.05. The Hall–Kier alpha value is -0.530. The number of fused-ring (bicyclic) bond motifs is 2. The second-order valence-electron chi connectivity index (χ2n) is 3.90. The summed E-state index contributed by atoms with van der Waals surface area (Å²) in [4.78, 5) is 13.3. The predicted molar refractivity (Wildman–Crippen MR) is 43.1 cm³/mol. The fourth-order valence-corrected chi connectivity index (χ4v) is 2.39. The lowest BCUT2D eigenvalue weighted by atomic mass is 9.80. The number of hydrogen-bond donors (Lipinski definition) is 0. The standard InChI is InChI=1S/C9H15NO/c1-10-8-4-2-3-7(5-8)6-9(10)11/h7-8H,2-6H2,1H3/t7-,8+/m0/s1. The molecule has 2 rings (SSSR count). The molecule has 0 spiro atoms. The summed E-state index contributed by atoms with van der Waals surface area (Å²) in [6.45, 7) is 0. The summed E-state index contributed by atoms with van der Waals surface area (Å²) >= 11 is 0. The Labute approximate surface area is 67.6 Å². The first-order valence-electron chi connectivity index (χ1n) is 4.53. The Morgan fingerprint density at radius 1 is 1.45 bits per heavy atom. The summed E-state index contributed by atoms with van der Waals surface area (Å²) in [5, 5.41) is 0. The molecule has 1 saturated carbocycles. The van der Waals surface area contributed by atoms with Gasteiger partial charge < -0.3 is 4.90 Å². The first kappa shape index (κ1) is 7.14. The topological polar surface area (TPSA) is 20.3 Å². The van der Waals surface area contributed by atoms with Gasteiger partial charge >= 0.3 is 0 Å². The van der Waals surface area contributed by atoms with E-state index in [0.717, 1.165) is 12.3 Å². The van der Waals surface area contributed by atoms with Gasteiger partial charge in [-0.1, -0.05) is 6.42 Å². The molecule has 1 aliphatic heterocycles. The van der Waals surface area contributed by atoms with Crippen LogP contribution in [0.4, 0.5) is 0 Å². The van der Waals surface area contributed by atoms with Crippen LogP contribution >= 0.6 is 0 Å². The highest BCUT2D eigenvalue weighted by Crippen LogP contribution is 2.34. The zero-order valence-corrected chi connectivity index (χ0v) is 7.05. The largest absolute Gasteiger partial charge is 0.343 e. The number of carbonyl (C=O) groups is 1. The molecule has 1 heterocycles. The molecule has 1 saturated heterocycles. The van der Waals surface area contributed by atoms with E-state index in [4.69, 9.17) is 0 Å². The van der Waals surface area contributed by atoms with E-state index in [2.05, 4.69) is 0 Å². The fourth-order valence-electron chi connectivity index (χ4n) is 2.39. The van der Waals surface area contributed by atoms with Crippen molar-refractivity contribution < 1.29 is 4.79 Å². The first-order valence-corrected chi connectivity index (χ1v) is 4.53. The lowest BCUT2D eigenvalue weighted by molar-refractivity contribution is -0.138. The third kappa shape index (κ3) is 1.15. The molecule has 0 aromatic carbocycles. The highest BCUT2D eigenvalue weighted by atomic mass is 16.2. The van der Waals surface area contributed by atoms with Gasteiger partial charge in [-0.05, 0) is 25.2 Å². The summed E-state index contributed by atoms with van der Waals surface area (Å²) in [6.07, 6.45) is 5.93. The third-order valence-electron chi connectivity index (χ3n) is 3.16. The van der Waals surface area contributed by atoms with Crippen LogP contribution in [0.5, 0.6) is 0 Å². The van der Waals surface area contributed by atoms with E-state index in [1.807, 2.05) is 11.9 Å². The van der Waals surface area contributed by atoms with Gasteiger partial charge in [-0.25, -0.2) is 0 Å². The predicted octanol–water partition coefficient (Wildman–Crippen LogP) is 1.41. The molecule has 0 aromatic heterocycles. The third-order valence-corrected chi connectivity index (χ3v) is 3.16. The Bertz CT molecular complexity index is 178. The Kier molecular flexibility index (Phi) is 1.63. The summed E-state index contributed by atoms with van der Waals surface area (Å²) in [5.41, 5.74) is 0. The number of rotatable bonds is 0. The van der Waals surface area contributed by atoms with Crippen molar-refractivity contribution in [2.45, 2.75) is 38.1 Å². The normalized spacial score (nSPS) is 37.5. The minimum Gasteiger partial charge on any atom is -0.343 e. The molecular formula is C9H15NO. The monoisotopic (exact) mass is 153 g/mol. The van der Waals surface area contributed by atoms with Crippen molar-refractivity contribution in [3.8, 4) is 0 Å². The van der Waals surface area contributed by atoms with E-state index in [9.17, 15) is 4.79 Å². The first-order chi connectivity index (χ1) is 5.27. The summed E-state index contributed by atoms with van der Waals surface area (Å²) in [6, 6.07) is 0.579. The second kappa shape index (κ2) is 2.50. The Morgan fingerprint density at radius 3 is 3.09 bits per heavy atom. The van der Waals surface area contributed by atoms with Crippen LogP contribution in [0.2, 0.25) is 0 Å². The lowest BCUT2D eigenvalue weighted by Gasteiger charge is -2.40. The fraction of sp³-hybridized carbons (Fsp3) is 0.889. The number of amides is 1. The van der Waals surface area contributed by atoms with E-state index < -0.39 is 0 Å². The quantitative estimate of drug-likeness (QED) is 0.515. The van der Waals surface area contributed by atoms with Crippen LogP contribution in [0.25, 0.3) is 0 Å². The maximum Gasteiger partial charge on any atom is 0.222 e. The Morgan fingerprint density at radius 2 is 2.27 bits per heavy atom. The van der Waals surface area contributed by atoms with Gasteiger partial charge in [0.1, 0.15) is 0 Å². The molecular weight excluding hydrogens is 138 g/mol.